The van der Waals surface area contributed by atoms with E-state index in [1.807, 2.05) is 12.1 Å². The van der Waals surface area contributed by atoms with Crippen molar-refractivity contribution < 1.29 is 9.90 Å². The molecule has 2 rings (SSSR count). The molecule has 0 aliphatic carbocycles. The first kappa shape index (κ1) is 15.3. The number of carboxylic acids is 1. The highest BCUT2D eigenvalue weighted by molar-refractivity contribution is 9.10. The van der Waals surface area contributed by atoms with Crippen LogP contribution in [0.15, 0.2) is 22.7 Å². The Morgan fingerprint density at radius 1 is 1.45 bits per heavy atom. The van der Waals surface area contributed by atoms with E-state index in [1.165, 1.54) is 12.8 Å². The van der Waals surface area contributed by atoms with Crippen LogP contribution in [0.1, 0.15) is 30.1 Å². The van der Waals surface area contributed by atoms with Gasteiger partial charge in [-0.05, 0) is 56.6 Å². The molecular weight excluding hydrogens is 320 g/mol. The van der Waals surface area contributed by atoms with Crippen molar-refractivity contribution in [3.05, 3.63) is 28.2 Å². The third-order valence-corrected chi connectivity index (χ3v) is 4.44. The maximum atomic E-state index is 11.2. The second kappa shape index (κ2) is 7.09. The number of carboxylic acid groups (broad SMARTS) is 1. The highest BCUT2D eigenvalue weighted by Gasteiger charge is 2.18. The molecule has 0 bridgehead atoms. The summed E-state index contributed by atoms with van der Waals surface area (Å²) in [6.45, 7) is 6.46. The number of nitrogens with zero attached hydrogens (tertiary/aromatic N) is 1. The lowest BCUT2D eigenvalue weighted by molar-refractivity contribution is 0.0698. The predicted molar refractivity (Wildman–Crippen MR) is 84.4 cm³/mol. The minimum absolute atomic E-state index is 0.324. The van der Waals surface area contributed by atoms with E-state index in [0.29, 0.717) is 17.2 Å². The number of carbonyl (C=O) groups is 1. The fraction of sp³-hybridized carbons (Fsp3) is 0.533. The second-order valence-corrected chi connectivity index (χ2v) is 6.17. The minimum atomic E-state index is -0.894. The first-order chi connectivity index (χ1) is 9.60. The number of nitrogens with one attached hydrogen (secondary N) is 1. The molecule has 0 spiro atoms. The van der Waals surface area contributed by atoms with E-state index in [0.717, 1.165) is 30.7 Å². The zero-order valence-corrected chi connectivity index (χ0v) is 13.3. The molecule has 5 heteroatoms. The molecule has 0 saturated carbocycles. The Balaban J connectivity index is 1.93. The molecule has 1 fully saturated rings. The third-order valence-electron chi connectivity index (χ3n) is 3.95. The van der Waals surface area contributed by atoms with Gasteiger partial charge in [-0.25, -0.2) is 4.79 Å². The number of hydrogen-bond donors (Lipinski definition) is 2. The SMILES string of the molecule is CCN1CCC(CNc2ccc(Br)cc2C(=O)O)CC1. The number of halogens is 1. The zero-order chi connectivity index (χ0) is 14.5. The summed E-state index contributed by atoms with van der Waals surface area (Å²) >= 11 is 3.31. The smallest absolute Gasteiger partial charge is 0.337 e. The van der Waals surface area contributed by atoms with Crippen molar-refractivity contribution in [1.29, 1.82) is 0 Å². The quantitative estimate of drug-likeness (QED) is 0.863. The standard InChI is InChI=1S/C15H21BrN2O2/c1-2-18-7-5-11(6-8-18)10-17-14-4-3-12(16)9-13(14)15(19)20/h3-4,9,11,17H,2,5-8,10H2,1H3,(H,19,20). The van der Waals surface area contributed by atoms with Gasteiger partial charge in [-0.1, -0.05) is 22.9 Å². The molecule has 4 nitrogen and oxygen atoms in total. The van der Waals surface area contributed by atoms with E-state index in [-0.39, 0.29) is 0 Å². The van der Waals surface area contributed by atoms with Crippen LogP contribution in [0.3, 0.4) is 0 Å². The normalized spacial score (nSPS) is 17.1. The van der Waals surface area contributed by atoms with Crippen molar-refractivity contribution in [3.8, 4) is 0 Å². The van der Waals surface area contributed by atoms with E-state index in [4.69, 9.17) is 0 Å². The summed E-state index contributed by atoms with van der Waals surface area (Å²) in [4.78, 5) is 13.7. The van der Waals surface area contributed by atoms with Crippen molar-refractivity contribution in [2.45, 2.75) is 19.8 Å². The lowest BCUT2D eigenvalue weighted by atomic mass is 9.96. The molecule has 1 saturated heterocycles. The van der Waals surface area contributed by atoms with Crippen LogP contribution >= 0.6 is 15.9 Å². The van der Waals surface area contributed by atoms with Gasteiger partial charge >= 0.3 is 5.97 Å². The van der Waals surface area contributed by atoms with Gasteiger partial charge < -0.3 is 15.3 Å². The van der Waals surface area contributed by atoms with Gasteiger partial charge in [0.25, 0.3) is 0 Å². The van der Waals surface area contributed by atoms with Gasteiger partial charge in [0, 0.05) is 16.7 Å². The Kier molecular flexibility index (Phi) is 5.43. The average Bonchev–Trinajstić information content (AvgIpc) is 2.46. The Morgan fingerprint density at radius 2 is 2.15 bits per heavy atom. The average molecular weight is 341 g/mol. The highest BCUT2D eigenvalue weighted by atomic mass is 79.9. The third kappa shape index (κ3) is 3.96. The number of piperidine rings is 1. The van der Waals surface area contributed by atoms with Crippen LogP contribution in [0.25, 0.3) is 0 Å². The lowest BCUT2D eigenvalue weighted by Crippen LogP contribution is -2.35. The number of rotatable bonds is 5. The lowest BCUT2D eigenvalue weighted by Gasteiger charge is -2.31. The van der Waals surface area contributed by atoms with Crippen LogP contribution in [0, 0.1) is 5.92 Å². The van der Waals surface area contributed by atoms with E-state index < -0.39 is 5.97 Å². The van der Waals surface area contributed by atoms with Crippen LogP contribution in [0.2, 0.25) is 0 Å². The maximum Gasteiger partial charge on any atom is 0.337 e. The van der Waals surface area contributed by atoms with E-state index in [9.17, 15) is 9.90 Å². The number of hydrogen-bond acceptors (Lipinski definition) is 3. The van der Waals surface area contributed by atoms with Gasteiger partial charge in [-0.15, -0.1) is 0 Å². The predicted octanol–water partition coefficient (Wildman–Crippen LogP) is 3.29. The molecule has 0 unspecified atom stereocenters. The van der Waals surface area contributed by atoms with E-state index in [2.05, 4.69) is 33.1 Å². The molecule has 0 atom stereocenters. The summed E-state index contributed by atoms with van der Waals surface area (Å²) in [6.07, 6.45) is 2.36. The monoisotopic (exact) mass is 340 g/mol. The highest BCUT2D eigenvalue weighted by Crippen LogP contribution is 2.23. The molecule has 1 aliphatic rings. The molecule has 1 aliphatic heterocycles. The largest absolute Gasteiger partial charge is 0.478 e. The van der Waals surface area contributed by atoms with Crippen molar-refractivity contribution >= 4 is 27.6 Å². The van der Waals surface area contributed by atoms with Crippen LogP contribution in [-0.2, 0) is 0 Å². The first-order valence-electron chi connectivity index (χ1n) is 7.09. The molecule has 1 aromatic rings. The number of anilines is 1. The van der Waals surface area contributed by atoms with E-state index in [1.54, 1.807) is 6.07 Å². The molecule has 1 aromatic carbocycles. The van der Waals surface area contributed by atoms with Crippen LogP contribution < -0.4 is 5.32 Å². The van der Waals surface area contributed by atoms with Crippen molar-refractivity contribution in [3.63, 3.8) is 0 Å². The zero-order valence-electron chi connectivity index (χ0n) is 11.7. The molecule has 2 N–H and O–H groups in total. The van der Waals surface area contributed by atoms with Crippen LogP contribution in [0.5, 0.6) is 0 Å². The van der Waals surface area contributed by atoms with Gasteiger partial charge in [0.05, 0.1) is 5.56 Å². The van der Waals surface area contributed by atoms with Crippen LogP contribution in [-0.4, -0.2) is 42.2 Å². The molecule has 0 amide bonds. The van der Waals surface area contributed by atoms with Crippen molar-refractivity contribution in [2.24, 2.45) is 5.92 Å². The molecular formula is C15H21BrN2O2. The topological polar surface area (TPSA) is 52.6 Å². The summed E-state index contributed by atoms with van der Waals surface area (Å²) < 4.78 is 0.789. The van der Waals surface area contributed by atoms with Gasteiger partial charge in [0.15, 0.2) is 0 Å². The Morgan fingerprint density at radius 3 is 2.75 bits per heavy atom. The Hall–Kier alpha value is -1.07. The summed E-state index contributed by atoms with van der Waals surface area (Å²) in [7, 11) is 0. The Bertz CT molecular complexity index is 471. The molecule has 110 valence electrons. The van der Waals surface area contributed by atoms with Crippen molar-refractivity contribution in [1.82, 2.24) is 4.90 Å². The second-order valence-electron chi connectivity index (χ2n) is 5.25. The first-order valence-corrected chi connectivity index (χ1v) is 7.88. The van der Waals surface area contributed by atoms with E-state index >= 15 is 0 Å². The van der Waals surface area contributed by atoms with Crippen molar-refractivity contribution in [2.75, 3.05) is 31.5 Å². The molecule has 20 heavy (non-hydrogen) atoms. The number of aromatic carboxylic acids is 1. The molecule has 0 radical (unpaired) electrons. The summed E-state index contributed by atoms with van der Waals surface area (Å²) in [5.74, 6) is -0.266. The summed E-state index contributed by atoms with van der Waals surface area (Å²) in [5.41, 5.74) is 1.03. The fourth-order valence-corrected chi connectivity index (χ4v) is 2.97. The van der Waals surface area contributed by atoms with Gasteiger partial charge in [-0.2, -0.15) is 0 Å². The maximum absolute atomic E-state index is 11.2. The summed E-state index contributed by atoms with van der Waals surface area (Å²) in [6, 6.07) is 5.34. The fourth-order valence-electron chi connectivity index (χ4n) is 2.61. The van der Waals surface area contributed by atoms with Crippen LogP contribution in [0.4, 0.5) is 5.69 Å². The minimum Gasteiger partial charge on any atom is -0.478 e. The summed E-state index contributed by atoms with van der Waals surface area (Å²) in [5, 5.41) is 12.5. The number of benzene rings is 1. The number of likely N-dealkylation sites (tertiary alicyclic amines) is 1. The Labute approximate surface area is 128 Å². The van der Waals surface area contributed by atoms with Gasteiger partial charge in [-0.3, -0.25) is 0 Å². The molecule has 1 heterocycles. The molecule has 0 aromatic heterocycles. The van der Waals surface area contributed by atoms with Gasteiger partial charge in [0.1, 0.15) is 0 Å². The van der Waals surface area contributed by atoms with Gasteiger partial charge in [0.2, 0.25) is 0 Å².